The fourth-order valence-corrected chi connectivity index (χ4v) is 1.04. The highest BCUT2D eigenvalue weighted by Crippen LogP contribution is 2.11. The van der Waals surface area contributed by atoms with Crippen molar-refractivity contribution in [3.8, 4) is 11.8 Å². The molecule has 0 bridgehead atoms. The van der Waals surface area contributed by atoms with Crippen LogP contribution in [0.1, 0.15) is 5.56 Å². The molecule has 0 fully saturated rings. The SMILES string of the molecule is CN=CC(COc1ccc(C#N)cc1)=NN. The van der Waals surface area contributed by atoms with E-state index in [9.17, 15) is 0 Å². The average Bonchev–Trinajstić information content (AvgIpc) is 2.35. The van der Waals surface area contributed by atoms with E-state index in [4.69, 9.17) is 15.8 Å². The second kappa shape index (κ2) is 6.19. The van der Waals surface area contributed by atoms with Crippen molar-refractivity contribution < 1.29 is 4.74 Å². The van der Waals surface area contributed by atoms with Crippen LogP contribution in [0.3, 0.4) is 0 Å². The zero-order valence-electron chi connectivity index (χ0n) is 8.92. The maximum absolute atomic E-state index is 8.61. The van der Waals surface area contributed by atoms with Gasteiger partial charge in [-0.3, -0.25) is 4.99 Å². The highest BCUT2D eigenvalue weighted by molar-refractivity contribution is 6.31. The maximum Gasteiger partial charge on any atom is 0.134 e. The lowest BCUT2D eigenvalue weighted by Gasteiger charge is -2.04. The van der Waals surface area contributed by atoms with Gasteiger partial charge in [-0.2, -0.15) is 10.4 Å². The monoisotopic (exact) mass is 216 g/mol. The zero-order valence-corrected chi connectivity index (χ0v) is 8.92. The van der Waals surface area contributed by atoms with Crippen molar-refractivity contribution in [2.45, 2.75) is 0 Å². The molecule has 0 heterocycles. The van der Waals surface area contributed by atoms with Crippen molar-refractivity contribution in [1.82, 2.24) is 0 Å². The Bertz CT molecular complexity index is 428. The minimum atomic E-state index is 0.250. The first-order chi connectivity index (χ1) is 7.80. The highest BCUT2D eigenvalue weighted by Gasteiger charge is 1.98. The summed E-state index contributed by atoms with van der Waals surface area (Å²) < 4.78 is 5.40. The molecule has 0 unspecified atom stereocenters. The minimum Gasteiger partial charge on any atom is -0.487 e. The van der Waals surface area contributed by atoms with Gasteiger partial charge in [-0.15, -0.1) is 0 Å². The number of hydrazone groups is 1. The third-order valence-electron chi connectivity index (χ3n) is 1.81. The summed E-state index contributed by atoms with van der Waals surface area (Å²) in [7, 11) is 1.63. The molecule has 2 N–H and O–H groups in total. The number of rotatable bonds is 4. The quantitative estimate of drug-likeness (QED) is 0.462. The van der Waals surface area contributed by atoms with Gasteiger partial charge in [0.2, 0.25) is 0 Å². The molecule has 5 nitrogen and oxygen atoms in total. The predicted octanol–water partition coefficient (Wildman–Crippen LogP) is 0.952. The number of nitriles is 1. The molecular formula is C11H12N4O. The topological polar surface area (TPSA) is 83.8 Å². The van der Waals surface area contributed by atoms with E-state index >= 15 is 0 Å². The number of nitrogens with two attached hydrogens (primary N) is 1. The number of benzene rings is 1. The Morgan fingerprint density at radius 1 is 1.50 bits per heavy atom. The largest absolute Gasteiger partial charge is 0.487 e. The fourth-order valence-electron chi connectivity index (χ4n) is 1.04. The first-order valence-corrected chi connectivity index (χ1v) is 4.62. The molecule has 0 aliphatic rings. The summed E-state index contributed by atoms with van der Waals surface area (Å²) in [5, 5.41) is 12.1. The van der Waals surface area contributed by atoms with Gasteiger partial charge in [0.05, 0.1) is 11.6 Å². The van der Waals surface area contributed by atoms with Gasteiger partial charge >= 0.3 is 0 Å². The van der Waals surface area contributed by atoms with E-state index in [0.717, 1.165) is 0 Å². The fraction of sp³-hybridized carbons (Fsp3) is 0.182. The van der Waals surface area contributed by atoms with Crippen LogP contribution < -0.4 is 10.6 Å². The van der Waals surface area contributed by atoms with Gasteiger partial charge in [-0.25, -0.2) is 0 Å². The smallest absolute Gasteiger partial charge is 0.134 e. The van der Waals surface area contributed by atoms with Crippen LogP contribution in [0.5, 0.6) is 5.75 Å². The molecule has 0 aromatic heterocycles. The first-order valence-electron chi connectivity index (χ1n) is 4.62. The first kappa shape index (κ1) is 11.7. The van der Waals surface area contributed by atoms with E-state index in [1.807, 2.05) is 6.07 Å². The molecule has 1 aromatic rings. The molecule has 1 aromatic carbocycles. The number of ether oxygens (including phenoxy) is 1. The molecule has 0 aliphatic carbocycles. The summed E-state index contributed by atoms with van der Waals surface area (Å²) in [6, 6.07) is 8.83. The van der Waals surface area contributed by atoms with Crippen LogP contribution in [0.15, 0.2) is 34.4 Å². The summed E-state index contributed by atoms with van der Waals surface area (Å²) in [4.78, 5) is 3.79. The lowest BCUT2D eigenvalue weighted by molar-refractivity contribution is 0.378. The Morgan fingerprint density at radius 3 is 2.69 bits per heavy atom. The Balaban J connectivity index is 2.58. The maximum atomic E-state index is 8.61. The molecular weight excluding hydrogens is 204 g/mol. The van der Waals surface area contributed by atoms with E-state index < -0.39 is 0 Å². The second-order valence-electron chi connectivity index (χ2n) is 2.93. The standard InChI is InChI=1S/C11H12N4O/c1-14-7-10(15-13)8-16-11-4-2-9(6-12)3-5-11/h2-5,7H,8,13H2,1H3. The lowest BCUT2D eigenvalue weighted by atomic mass is 10.2. The number of aliphatic imine (C=N–C) groups is 1. The number of nitrogens with zero attached hydrogens (tertiary/aromatic N) is 3. The van der Waals surface area contributed by atoms with Crippen LogP contribution in [0.4, 0.5) is 0 Å². The van der Waals surface area contributed by atoms with Crippen molar-refractivity contribution in [3.05, 3.63) is 29.8 Å². The summed E-state index contributed by atoms with van der Waals surface area (Å²) >= 11 is 0. The van der Waals surface area contributed by atoms with Crippen molar-refractivity contribution in [2.24, 2.45) is 15.9 Å². The van der Waals surface area contributed by atoms with Crippen LogP contribution in [-0.4, -0.2) is 25.6 Å². The van der Waals surface area contributed by atoms with Gasteiger partial charge in [-0.1, -0.05) is 0 Å². The van der Waals surface area contributed by atoms with E-state index in [1.54, 1.807) is 31.3 Å². The molecule has 0 aliphatic heterocycles. The Morgan fingerprint density at radius 2 is 2.19 bits per heavy atom. The van der Waals surface area contributed by atoms with E-state index in [1.165, 1.54) is 6.21 Å². The summed E-state index contributed by atoms with van der Waals surface area (Å²) in [6.07, 6.45) is 1.53. The van der Waals surface area contributed by atoms with Crippen molar-refractivity contribution >= 4 is 11.9 Å². The Labute approximate surface area is 93.9 Å². The Kier molecular flexibility index (Phi) is 4.54. The van der Waals surface area contributed by atoms with E-state index in [2.05, 4.69) is 10.1 Å². The molecule has 0 saturated heterocycles. The van der Waals surface area contributed by atoms with Gasteiger partial charge in [0.15, 0.2) is 0 Å². The lowest BCUT2D eigenvalue weighted by Crippen LogP contribution is -2.14. The zero-order chi connectivity index (χ0) is 11.8. The average molecular weight is 216 g/mol. The van der Waals surface area contributed by atoms with Crippen molar-refractivity contribution in [1.29, 1.82) is 5.26 Å². The van der Waals surface area contributed by atoms with Gasteiger partial charge < -0.3 is 10.6 Å². The van der Waals surface area contributed by atoms with Crippen LogP contribution in [-0.2, 0) is 0 Å². The van der Waals surface area contributed by atoms with Gasteiger partial charge in [0.25, 0.3) is 0 Å². The minimum absolute atomic E-state index is 0.250. The molecule has 1 rings (SSSR count). The molecule has 82 valence electrons. The van der Waals surface area contributed by atoms with Gasteiger partial charge in [0.1, 0.15) is 18.1 Å². The number of hydrogen-bond acceptors (Lipinski definition) is 5. The number of hydrogen-bond donors (Lipinski definition) is 1. The van der Waals surface area contributed by atoms with Gasteiger partial charge in [0, 0.05) is 13.3 Å². The third kappa shape index (κ3) is 3.42. The third-order valence-corrected chi connectivity index (χ3v) is 1.81. The highest BCUT2D eigenvalue weighted by atomic mass is 16.5. The molecule has 0 atom stereocenters. The molecule has 0 amide bonds. The molecule has 5 heteroatoms. The van der Waals surface area contributed by atoms with Crippen LogP contribution >= 0.6 is 0 Å². The summed E-state index contributed by atoms with van der Waals surface area (Å²) in [6.45, 7) is 0.250. The van der Waals surface area contributed by atoms with Crippen LogP contribution in [0.2, 0.25) is 0 Å². The van der Waals surface area contributed by atoms with Crippen LogP contribution in [0.25, 0.3) is 0 Å². The van der Waals surface area contributed by atoms with Gasteiger partial charge in [-0.05, 0) is 24.3 Å². The van der Waals surface area contributed by atoms with Crippen molar-refractivity contribution in [3.63, 3.8) is 0 Å². The van der Waals surface area contributed by atoms with Crippen LogP contribution in [0, 0.1) is 11.3 Å². The molecule has 0 spiro atoms. The predicted molar refractivity (Wildman–Crippen MR) is 62.7 cm³/mol. The molecule has 16 heavy (non-hydrogen) atoms. The summed E-state index contributed by atoms with van der Waals surface area (Å²) in [5.41, 5.74) is 1.14. The Hall–Kier alpha value is -2.35. The van der Waals surface area contributed by atoms with E-state index in [0.29, 0.717) is 17.0 Å². The summed E-state index contributed by atoms with van der Waals surface area (Å²) in [5.74, 6) is 5.80. The van der Waals surface area contributed by atoms with E-state index in [-0.39, 0.29) is 6.61 Å². The molecule has 0 radical (unpaired) electrons. The molecule has 0 saturated carbocycles. The second-order valence-corrected chi connectivity index (χ2v) is 2.93. The normalized spacial score (nSPS) is 11.4. The van der Waals surface area contributed by atoms with Crippen molar-refractivity contribution in [2.75, 3.05) is 13.7 Å².